The second-order valence-corrected chi connectivity index (χ2v) is 7.45. The van der Waals surface area contributed by atoms with Gasteiger partial charge in [0, 0.05) is 4.47 Å². The highest BCUT2D eigenvalue weighted by molar-refractivity contribution is 9.10. The zero-order valence-corrected chi connectivity index (χ0v) is 18.3. The van der Waals surface area contributed by atoms with Crippen LogP contribution in [0.1, 0.15) is 34.8 Å². The Morgan fingerprint density at radius 2 is 1.83 bits per heavy atom. The highest BCUT2D eigenvalue weighted by Gasteiger charge is 2.11. The van der Waals surface area contributed by atoms with E-state index in [1.165, 1.54) is 0 Å². The van der Waals surface area contributed by atoms with Crippen molar-refractivity contribution in [1.82, 2.24) is 5.43 Å². The molecule has 0 saturated carbocycles. The number of hydrogen-bond acceptors (Lipinski definition) is 4. The van der Waals surface area contributed by atoms with Gasteiger partial charge < -0.3 is 9.47 Å². The number of carbonyl (C=O) groups is 1. The van der Waals surface area contributed by atoms with E-state index < -0.39 is 0 Å². The number of rotatable bonds is 9. The molecule has 0 aliphatic heterocycles. The van der Waals surface area contributed by atoms with Crippen LogP contribution in [-0.2, 0) is 6.61 Å². The Labute approximate surface area is 184 Å². The van der Waals surface area contributed by atoms with E-state index in [-0.39, 0.29) is 5.91 Å². The number of amides is 1. The molecule has 0 fully saturated rings. The number of benzene rings is 3. The predicted octanol–water partition coefficient (Wildman–Crippen LogP) is 5.58. The van der Waals surface area contributed by atoms with Crippen molar-refractivity contribution >= 4 is 28.1 Å². The molecule has 0 aliphatic rings. The average molecular weight is 467 g/mol. The smallest absolute Gasteiger partial charge is 0.275 e. The Bertz CT molecular complexity index is 1000. The lowest BCUT2D eigenvalue weighted by Gasteiger charge is -2.10. The summed E-state index contributed by atoms with van der Waals surface area (Å²) < 4.78 is 12.4. The molecule has 5 nitrogen and oxygen atoms in total. The van der Waals surface area contributed by atoms with E-state index in [4.69, 9.17) is 9.47 Å². The van der Waals surface area contributed by atoms with E-state index in [2.05, 4.69) is 33.4 Å². The summed E-state index contributed by atoms with van der Waals surface area (Å²) in [5.41, 5.74) is 4.84. The molecule has 0 radical (unpaired) electrons. The van der Waals surface area contributed by atoms with Crippen molar-refractivity contribution in [2.24, 2.45) is 5.10 Å². The molecule has 0 spiro atoms. The van der Waals surface area contributed by atoms with E-state index in [1.807, 2.05) is 54.6 Å². The van der Waals surface area contributed by atoms with Crippen molar-refractivity contribution in [3.05, 3.63) is 94.0 Å². The molecular weight excluding hydrogens is 444 g/mol. The maximum absolute atomic E-state index is 12.6. The van der Waals surface area contributed by atoms with Crippen molar-refractivity contribution in [2.45, 2.75) is 20.0 Å². The average Bonchev–Trinajstić information content (AvgIpc) is 2.77. The summed E-state index contributed by atoms with van der Waals surface area (Å²) in [5.74, 6) is 0.983. The van der Waals surface area contributed by atoms with E-state index in [1.54, 1.807) is 24.4 Å². The molecule has 154 valence electrons. The number of nitrogens with zero attached hydrogens (tertiary/aromatic N) is 1. The van der Waals surface area contributed by atoms with Gasteiger partial charge in [0.25, 0.3) is 5.91 Å². The van der Waals surface area contributed by atoms with E-state index in [9.17, 15) is 4.79 Å². The summed E-state index contributed by atoms with van der Waals surface area (Å²) in [7, 11) is 0. The van der Waals surface area contributed by atoms with Crippen molar-refractivity contribution in [2.75, 3.05) is 6.61 Å². The van der Waals surface area contributed by atoms with Crippen LogP contribution >= 0.6 is 15.9 Å². The number of ether oxygens (including phenoxy) is 2. The Morgan fingerprint density at radius 3 is 2.60 bits per heavy atom. The van der Waals surface area contributed by atoms with Gasteiger partial charge in [-0.1, -0.05) is 47.1 Å². The Kier molecular flexibility index (Phi) is 8.03. The van der Waals surface area contributed by atoms with Gasteiger partial charge in [-0.3, -0.25) is 4.79 Å². The van der Waals surface area contributed by atoms with Crippen LogP contribution in [0.3, 0.4) is 0 Å². The van der Waals surface area contributed by atoms with E-state index in [0.29, 0.717) is 24.5 Å². The van der Waals surface area contributed by atoms with Gasteiger partial charge in [-0.15, -0.1) is 0 Å². The molecule has 3 rings (SSSR count). The summed E-state index contributed by atoms with van der Waals surface area (Å²) >= 11 is 3.45. The predicted molar refractivity (Wildman–Crippen MR) is 122 cm³/mol. The third kappa shape index (κ3) is 6.46. The molecule has 0 saturated heterocycles. The van der Waals surface area contributed by atoms with Crippen molar-refractivity contribution in [3.8, 4) is 11.5 Å². The SMILES string of the molecule is CCCOc1ccc(C=NNC(=O)c2ccccc2OCc2cccc(Br)c2)cc1. The molecule has 0 unspecified atom stereocenters. The molecular formula is C24H23BrN2O3. The fraction of sp³-hybridized carbons (Fsp3) is 0.167. The molecule has 0 aliphatic carbocycles. The third-order valence-corrected chi connectivity index (χ3v) is 4.64. The fourth-order valence-electron chi connectivity index (χ4n) is 2.66. The van der Waals surface area contributed by atoms with Gasteiger partial charge in [-0.05, 0) is 66.1 Å². The highest BCUT2D eigenvalue weighted by atomic mass is 79.9. The lowest BCUT2D eigenvalue weighted by atomic mass is 10.2. The van der Waals surface area contributed by atoms with Crippen LogP contribution in [0.4, 0.5) is 0 Å². The van der Waals surface area contributed by atoms with Gasteiger partial charge >= 0.3 is 0 Å². The summed E-state index contributed by atoms with van der Waals surface area (Å²) in [4.78, 5) is 12.6. The van der Waals surface area contributed by atoms with Gasteiger partial charge in [-0.25, -0.2) is 5.43 Å². The van der Waals surface area contributed by atoms with E-state index in [0.717, 1.165) is 27.8 Å². The first-order chi connectivity index (χ1) is 14.7. The second kappa shape index (κ2) is 11.2. The zero-order valence-electron chi connectivity index (χ0n) is 16.7. The fourth-order valence-corrected chi connectivity index (χ4v) is 3.11. The highest BCUT2D eigenvalue weighted by Crippen LogP contribution is 2.20. The van der Waals surface area contributed by atoms with E-state index >= 15 is 0 Å². The first-order valence-electron chi connectivity index (χ1n) is 9.68. The van der Waals surface area contributed by atoms with Crippen LogP contribution in [0.5, 0.6) is 11.5 Å². The Morgan fingerprint density at radius 1 is 1.03 bits per heavy atom. The van der Waals surface area contributed by atoms with Crippen molar-refractivity contribution in [3.63, 3.8) is 0 Å². The largest absolute Gasteiger partial charge is 0.494 e. The summed E-state index contributed by atoms with van der Waals surface area (Å²) in [6.45, 7) is 3.11. The van der Waals surface area contributed by atoms with Crippen LogP contribution in [0, 0.1) is 0 Å². The molecule has 1 amide bonds. The van der Waals surface area contributed by atoms with Gasteiger partial charge in [0.1, 0.15) is 18.1 Å². The van der Waals surface area contributed by atoms with Crippen molar-refractivity contribution in [1.29, 1.82) is 0 Å². The molecule has 1 N–H and O–H groups in total. The molecule has 0 atom stereocenters. The van der Waals surface area contributed by atoms with Gasteiger partial charge in [0.15, 0.2) is 0 Å². The minimum absolute atomic E-state index is 0.334. The lowest BCUT2D eigenvalue weighted by Crippen LogP contribution is -2.18. The molecule has 6 heteroatoms. The molecule has 0 aromatic heterocycles. The topological polar surface area (TPSA) is 59.9 Å². The lowest BCUT2D eigenvalue weighted by molar-refractivity contribution is 0.0950. The number of hydrogen-bond donors (Lipinski definition) is 1. The number of carbonyl (C=O) groups excluding carboxylic acids is 1. The number of nitrogens with one attached hydrogen (secondary N) is 1. The number of para-hydroxylation sites is 1. The minimum atomic E-state index is -0.334. The number of hydrazone groups is 1. The molecule has 3 aromatic rings. The second-order valence-electron chi connectivity index (χ2n) is 6.53. The van der Waals surface area contributed by atoms with Crippen LogP contribution in [0.2, 0.25) is 0 Å². The summed E-state index contributed by atoms with van der Waals surface area (Å²) in [6.07, 6.45) is 2.55. The van der Waals surface area contributed by atoms with Crippen LogP contribution < -0.4 is 14.9 Å². The van der Waals surface area contributed by atoms with Crippen LogP contribution in [0.25, 0.3) is 0 Å². The Hall–Kier alpha value is -3.12. The van der Waals surface area contributed by atoms with Gasteiger partial charge in [0.2, 0.25) is 0 Å². The maximum Gasteiger partial charge on any atom is 0.275 e. The number of halogens is 1. The first-order valence-corrected chi connectivity index (χ1v) is 10.5. The molecule has 0 bridgehead atoms. The van der Waals surface area contributed by atoms with Crippen LogP contribution in [0.15, 0.2) is 82.4 Å². The van der Waals surface area contributed by atoms with Gasteiger partial charge in [-0.2, -0.15) is 5.10 Å². The van der Waals surface area contributed by atoms with Crippen LogP contribution in [-0.4, -0.2) is 18.7 Å². The molecule has 30 heavy (non-hydrogen) atoms. The monoisotopic (exact) mass is 466 g/mol. The van der Waals surface area contributed by atoms with Gasteiger partial charge in [0.05, 0.1) is 18.4 Å². The maximum atomic E-state index is 12.6. The third-order valence-electron chi connectivity index (χ3n) is 4.15. The van der Waals surface area contributed by atoms with Crippen molar-refractivity contribution < 1.29 is 14.3 Å². The normalized spacial score (nSPS) is 10.7. The first kappa shape index (κ1) is 21.6. The summed E-state index contributed by atoms with van der Waals surface area (Å²) in [6, 6.07) is 22.5. The minimum Gasteiger partial charge on any atom is -0.494 e. The quantitative estimate of drug-likeness (QED) is 0.330. The Balaban J connectivity index is 1.59. The standard InChI is InChI=1S/C24H23BrN2O3/c1-2-14-29-21-12-10-18(11-13-21)16-26-27-24(28)22-8-3-4-9-23(22)30-17-19-6-5-7-20(25)15-19/h3-13,15-16H,2,14,17H2,1H3,(H,27,28). The summed E-state index contributed by atoms with van der Waals surface area (Å²) in [5, 5.41) is 4.05. The molecule has 3 aromatic carbocycles. The zero-order chi connectivity index (χ0) is 21.2. The molecule has 0 heterocycles.